The second-order valence-electron chi connectivity index (χ2n) is 6.84. The lowest BCUT2D eigenvalue weighted by Crippen LogP contribution is -2.44. The van der Waals surface area contributed by atoms with Crippen LogP contribution in [0.15, 0.2) is 54.6 Å². The fourth-order valence-electron chi connectivity index (χ4n) is 3.44. The van der Waals surface area contributed by atoms with Gasteiger partial charge in [0.1, 0.15) is 0 Å². The SMILES string of the molecule is NC(=O)[C@@H]1CCCN(CC(=O)Nc2ccccc2Cc2ccccc2)C1. The number of nitrogens with two attached hydrogens (primary N) is 1. The summed E-state index contributed by atoms with van der Waals surface area (Å²) in [5, 5.41) is 3.03. The molecule has 2 aromatic carbocycles. The molecule has 26 heavy (non-hydrogen) atoms. The highest BCUT2D eigenvalue weighted by atomic mass is 16.2. The number of nitrogens with zero attached hydrogens (tertiary/aromatic N) is 1. The molecule has 2 aromatic rings. The number of hydrogen-bond acceptors (Lipinski definition) is 3. The van der Waals surface area contributed by atoms with Crippen molar-refractivity contribution in [3.63, 3.8) is 0 Å². The zero-order valence-corrected chi connectivity index (χ0v) is 14.9. The summed E-state index contributed by atoms with van der Waals surface area (Å²) < 4.78 is 0. The van der Waals surface area contributed by atoms with Gasteiger partial charge in [-0.1, -0.05) is 48.5 Å². The maximum atomic E-state index is 12.5. The van der Waals surface area contributed by atoms with Crippen molar-refractivity contribution in [1.82, 2.24) is 4.90 Å². The van der Waals surface area contributed by atoms with Crippen molar-refractivity contribution < 1.29 is 9.59 Å². The van der Waals surface area contributed by atoms with Crippen LogP contribution in [-0.2, 0) is 16.0 Å². The van der Waals surface area contributed by atoms with Gasteiger partial charge in [-0.25, -0.2) is 0 Å². The number of amides is 2. The van der Waals surface area contributed by atoms with Crippen molar-refractivity contribution in [2.75, 3.05) is 25.0 Å². The number of carbonyl (C=O) groups is 2. The molecule has 3 rings (SSSR count). The second kappa shape index (κ2) is 8.63. The number of para-hydroxylation sites is 1. The zero-order valence-electron chi connectivity index (χ0n) is 14.9. The summed E-state index contributed by atoms with van der Waals surface area (Å²) in [5.41, 5.74) is 8.54. The Labute approximate surface area is 154 Å². The Morgan fingerprint density at radius 3 is 2.58 bits per heavy atom. The summed E-state index contributed by atoms with van der Waals surface area (Å²) in [5.74, 6) is -0.485. The minimum atomic E-state index is -0.275. The summed E-state index contributed by atoms with van der Waals surface area (Å²) >= 11 is 0. The van der Waals surface area contributed by atoms with Crippen LogP contribution in [0.4, 0.5) is 5.69 Å². The number of hydrogen-bond donors (Lipinski definition) is 2. The lowest BCUT2D eigenvalue weighted by atomic mass is 9.97. The third-order valence-electron chi connectivity index (χ3n) is 4.80. The number of carbonyl (C=O) groups excluding carboxylic acids is 2. The molecular formula is C21H25N3O2. The average Bonchev–Trinajstić information content (AvgIpc) is 2.64. The van der Waals surface area contributed by atoms with Crippen molar-refractivity contribution in [2.45, 2.75) is 19.3 Å². The number of nitrogens with one attached hydrogen (secondary N) is 1. The highest BCUT2D eigenvalue weighted by Gasteiger charge is 2.25. The molecule has 1 heterocycles. The van der Waals surface area contributed by atoms with Crippen molar-refractivity contribution in [2.24, 2.45) is 11.7 Å². The predicted octanol–water partition coefficient (Wildman–Crippen LogP) is 2.41. The number of anilines is 1. The number of benzene rings is 2. The largest absolute Gasteiger partial charge is 0.369 e. The summed E-state index contributed by atoms with van der Waals surface area (Å²) in [6, 6.07) is 18.1. The Balaban J connectivity index is 1.62. The van der Waals surface area contributed by atoms with Gasteiger partial charge in [0.15, 0.2) is 0 Å². The predicted molar refractivity (Wildman–Crippen MR) is 103 cm³/mol. The molecule has 1 aliphatic rings. The number of rotatable bonds is 6. The molecule has 1 saturated heterocycles. The molecule has 2 amide bonds. The van der Waals surface area contributed by atoms with E-state index in [4.69, 9.17) is 5.73 Å². The summed E-state index contributed by atoms with van der Waals surface area (Å²) in [4.78, 5) is 25.9. The monoisotopic (exact) mass is 351 g/mol. The smallest absolute Gasteiger partial charge is 0.238 e. The van der Waals surface area contributed by atoms with E-state index in [1.165, 1.54) is 5.56 Å². The van der Waals surface area contributed by atoms with Gasteiger partial charge in [0.05, 0.1) is 12.5 Å². The molecule has 0 aromatic heterocycles. The van der Waals surface area contributed by atoms with E-state index in [0.717, 1.165) is 37.1 Å². The van der Waals surface area contributed by atoms with Gasteiger partial charge in [-0.3, -0.25) is 14.5 Å². The van der Waals surface area contributed by atoms with Gasteiger partial charge >= 0.3 is 0 Å². The van der Waals surface area contributed by atoms with Gasteiger partial charge < -0.3 is 11.1 Å². The first kappa shape index (κ1) is 18.1. The van der Waals surface area contributed by atoms with Crippen molar-refractivity contribution in [1.29, 1.82) is 0 Å². The molecule has 5 nitrogen and oxygen atoms in total. The van der Waals surface area contributed by atoms with Crippen LogP contribution < -0.4 is 11.1 Å². The number of likely N-dealkylation sites (tertiary alicyclic amines) is 1. The molecule has 0 unspecified atom stereocenters. The molecular weight excluding hydrogens is 326 g/mol. The number of primary amides is 1. The van der Waals surface area contributed by atoms with Crippen LogP contribution in [0.2, 0.25) is 0 Å². The van der Waals surface area contributed by atoms with E-state index in [1.807, 2.05) is 47.4 Å². The first-order valence-electron chi connectivity index (χ1n) is 9.05. The Morgan fingerprint density at radius 2 is 1.81 bits per heavy atom. The second-order valence-corrected chi connectivity index (χ2v) is 6.84. The minimum Gasteiger partial charge on any atom is -0.369 e. The van der Waals surface area contributed by atoms with E-state index >= 15 is 0 Å². The summed E-state index contributed by atoms with van der Waals surface area (Å²) in [7, 11) is 0. The molecule has 0 radical (unpaired) electrons. The molecule has 1 fully saturated rings. The van der Waals surface area contributed by atoms with Crippen LogP contribution in [0, 0.1) is 5.92 Å². The molecule has 3 N–H and O–H groups in total. The molecule has 0 bridgehead atoms. The maximum absolute atomic E-state index is 12.5. The Bertz CT molecular complexity index is 761. The first-order valence-corrected chi connectivity index (χ1v) is 9.05. The maximum Gasteiger partial charge on any atom is 0.238 e. The van der Waals surface area contributed by atoms with E-state index in [2.05, 4.69) is 17.4 Å². The Hall–Kier alpha value is -2.66. The fraction of sp³-hybridized carbons (Fsp3) is 0.333. The average molecular weight is 351 g/mol. The van der Waals surface area contributed by atoms with Crippen LogP contribution in [-0.4, -0.2) is 36.3 Å². The highest BCUT2D eigenvalue weighted by Crippen LogP contribution is 2.20. The Morgan fingerprint density at radius 1 is 1.08 bits per heavy atom. The molecule has 0 saturated carbocycles. The van der Waals surface area contributed by atoms with E-state index in [-0.39, 0.29) is 24.3 Å². The minimum absolute atomic E-state index is 0.0596. The van der Waals surface area contributed by atoms with Crippen molar-refractivity contribution in [3.8, 4) is 0 Å². The van der Waals surface area contributed by atoms with Crippen LogP contribution in [0.5, 0.6) is 0 Å². The third-order valence-corrected chi connectivity index (χ3v) is 4.80. The van der Waals surface area contributed by atoms with Gasteiger partial charge in [-0.15, -0.1) is 0 Å². The van der Waals surface area contributed by atoms with Gasteiger partial charge in [0.25, 0.3) is 0 Å². The topological polar surface area (TPSA) is 75.4 Å². The van der Waals surface area contributed by atoms with Crippen LogP contribution >= 0.6 is 0 Å². The van der Waals surface area contributed by atoms with E-state index in [0.29, 0.717) is 6.54 Å². The summed E-state index contributed by atoms with van der Waals surface area (Å²) in [6.45, 7) is 1.67. The van der Waals surface area contributed by atoms with E-state index in [9.17, 15) is 9.59 Å². The van der Waals surface area contributed by atoms with Gasteiger partial charge in [0, 0.05) is 12.2 Å². The van der Waals surface area contributed by atoms with Crippen molar-refractivity contribution in [3.05, 3.63) is 65.7 Å². The lowest BCUT2D eigenvalue weighted by molar-refractivity contribution is -0.125. The van der Waals surface area contributed by atoms with Crippen LogP contribution in [0.25, 0.3) is 0 Å². The summed E-state index contributed by atoms with van der Waals surface area (Å²) in [6.07, 6.45) is 2.48. The highest BCUT2D eigenvalue weighted by molar-refractivity contribution is 5.93. The zero-order chi connectivity index (χ0) is 18.4. The van der Waals surface area contributed by atoms with Crippen LogP contribution in [0.1, 0.15) is 24.0 Å². The van der Waals surface area contributed by atoms with Gasteiger partial charge in [-0.2, -0.15) is 0 Å². The molecule has 0 aliphatic carbocycles. The third kappa shape index (κ3) is 4.92. The lowest BCUT2D eigenvalue weighted by Gasteiger charge is -2.30. The number of piperidine rings is 1. The van der Waals surface area contributed by atoms with E-state index < -0.39 is 0 Å². The molecule has 0 spiro atoms. The molecule has 5 heteroatoms. The molecule has 1 aliphatic heterocycles. The molecule has 1 atom stereocenters. The Kier molecular flexibility index (Phi) is 6.02. The standard InChI is InChI=1S/C21H25N3O2/c22-21(26)18-10-6-12-24(14-18)15-20(25)23-19-11-5-4-9-17(19)13-16-7-2-1-3-8-16/h1-5,7-9,11,18H,6,10,12-15H2,(H2,22,26)(H,23,25)/t18-/m1/s1. The quantitative estimate of drug-likeness (QED) is 0.839. The normalized spacial score (nSPS) is 17.6. The van der Waals surface area contributed by atoms with Gasteiger partial charge in [0.2, 0.25) is 11.8 Å². The fourth-order valence-corrected chi connectivity index (χ4v) is 3.44. The van der Waals surface area contributed by atoms with Crippen LogP contribution in [0.3, 0.4) is 0 Å². The molecule has 136 valence electrons. The van der Waals surface area contributed by atoms with Gasteiger partial charge in [-0.05, 0) is 43.0 Å². The van der Waals surface area contributed by atoms with E-state index in [1.54, 1.807) is 0 Å². The van der Waals surface area contributed by atoms with Crippen molar-refractivity contribution >= 4 is 17.5 Å². The first-order chi connectivity index (χ1) is 12.6.